The van der Waals surface area contributed by atoms with Crippen LogP contribution in [0.25, 0.3) is 0 Å². The summed E-state index contributed by atoms with van der Waals surface area (Å²) in [5.74, 6) is -0.356. The summed E-state index contributed by atoms with van der Waals surface area (Å²) in [5, 5.41) is 6.86. The van der Waals surface area contributed by atoms with Crippen LogP contribution >= 0.6 is 0 Å². The van der Waals surface area contributed by atoms with Crippen molar-refractivity contribution in [2.75, 3.05) is 11.9 Å². The minimum atomic E-state index is -4.45. The molecule has 2 rings (SSSR count). The molecule has 1 N–H and O–H groups in total. The molecule has 0 aliphatic carbocycles. The van der Waals surface area contributed by atoms with Gasteiger partial charge in [0.1, 0.15) is 5.75 Å². The maximum absolute atomic E-state index is 12.4. The lowest BCUT2D eigenvalue weighted by Gasteiger charge is -2.14. The number of aryl methyl sites for hydroxylation is 3. The molecule has 0 unspecified atom stereocenters. The molecule has 136 valence electrons. The van der Waals surface area contributed by atoms with Crippen molar-refractivity contribution in [3.05, 3.63) is 40.7 Å². The second-order valence-corrected chi connectivity index (χ2v) is 5.90. The van der Waals surface area contributed by atoms with Crippen LogP contribution in [0.4, 0.5) is 18.9 Å². The van der Waals surface area contributed by atoms with E-state index < -0.39 is 12.8 Å². The first-order valence-corrected chi connectivity index (χ1v) is 7.66. The third-order valence-corrected chi connectivity index (χ3v) is 3.80. The van der Waals surface area contributed by atoms with Crippen LogP contribution in [0.1, 0.15) is 22.5 Å². The van der Waals surface area contributed by atoms with Crippen molar-refractivity contribution in [1.29, 1.82) is 0 Å². The Labute approximate surface area is 143 Å². The second kappa shape index (κ2) is 7.16. The zero-order valence-electron chi connectivity index (χ0n) is 14.5. The summed E-state index contributed by atoms with van der Waals surface area (Å²) < 4.78 is 43.7. The third-order valence-electron chi connectivity index (χ3n) is 3.80. The molecule has 1 aromatic carbocycles. The van der Waals surface area contributed by atoms with Gasteiger partial charge in [0.25, 0.3) is 0 Å². The quantitative estimate of drug-likeness (QED) is 0.894. The summed E-state index contributed by atoms with van der Waals surface area (Å²) >= 11 is 0. The Bertz CT molecular complexity index is 782. The normalized spacial score (nSPS) is 11.5. The predicted octanol–water partition coefficient (Wildman–Crippen LogP) is 3.47. The van der Waals surface area contributed by atoms with Gasteiger partial charge in [0.15, 0.2) is 6.61 Å². The fraction of sp³-hybridized carbons (Fsp3) is 0.412. The highest BCUT2D eigenvalue weighted by Crippen LogP contribution is 2.28. The number of hydrogen-bond donors (Lipinski definition) is 1. The number of carbonyl (C=O) groups is 1. The van der Waals surface area contributed by atoms with E-state index in [1.54, 1.807) is 31.6 Å². The van der Waals surface area contributed by atoms with Crippen molar-refractivity contribution >= 4 is 11.6 Å². The molecule has 0 aliphatic heterocycles. The Kier molecular flexibility index (Phi) is 5.39. The summed E-state index contributed by atoms with van der Waals surface area (Å²) in [6, 6.07) is 4.68. The van der Waals surface area contributed by atoms with Gasteiger partial charge < -0.3 is 10.1 Å². The van der Waals surface area contributed by atoms with Gasteiger partial charge in [-0.25, -0.2) is 0 Å². The van der Waals surface area contributed by atoms with Gasteiger partial charge >= 0.3 is 6.18 Å². The minimum absolute atomic E-state index is 0.00898. The number of carbonyl (C=O) groups excluding carboxylic acids is 1. The summed E-state index contributed by atoms with van der Waals surface area (Å²) in [6.07, 6.45) is -4.37. The van der Waals surface area contributed by atoms with Gasteiger partial charge in [-0.3, -0.25) is 9.48 Å². The largest absolute Gasteiger partial charge is 0.482 e. The molecular formula is C17H20F3N3O2. The lowest BCUT2D eigenvalue weighted by molar-refractivity contribution is -0.153. The highest BCUT2D eigenvalue weighted by molar-refractivity contribution is 5.94. The fourth-order valence-electron chi connectivity index (χ4n) is 2.44. The number of ether oxygens (including phenoxy) is 1. The molecule has 1 aromatic heterocycles. The van der Waals surface area contributed by atoms with E-state index >= 15 is 0 Å². The van der Waals surface area contributed by atoms with E-state index in [1.165, 1.54) is 12.1 Å². The van der Waals surface area contributed by atoms with Crippen LogP contribution < -0.4 is 10.1 Å². The molecular weight excluding hydrogens is 335 g/mol. The number of rotatable bonds is 5. The topological polar surface area (TPSA) is 56.2 Å². The molecule has 0 fully saturated rings. The Hall–Kier alpha value is -2.51. The number of nitrogens with one attached hydrogen (secondary N) is 1. The zero-order valence-corrected chi connectivity index (χ0v) is 14.5. The summed E-state index contributed by atoms with van der Waals surface area (Å²) in [6.45, 7) is 3.97. The van der Waals surface area contributed by atoms with Gasteiger partial charge in [-0.2, -0.15) is 18.3 Å². The summed E-state index contributed by atoms with van der Waals surface area (Å²) in [4.78, 5) is 12.3. The van der Waals surface area contributed by atoms with Crippen molar-refractivity contribution in [3.63, 3.8) is 0 Å². The number of halogens is 3. The van der Waals surface area contributed by atoms with Gasteiger partial charge in [-0.1, -0.05) is 6.07 Å². The molecule has 1 heterocycles. The van der Waals surface area contributed by atoms with Crippen LogP contribution in [-0.2, 0) is 18.3 Å². The predicted molar refractivity (Wildman–Crippen MR) is 87.7 cm³/mol. The van der Waals surface area contributed by atoms with Crippen LogP contribution in [0.15, 0.2) is 18.2 Å². The summed E-state index contributed by atoms with van der Waals surface area (Å²) in [5.41, 5.74) is 3.34. The Balaban J connectivity index is 2.14. The number of alkyl halides is 3. The zero-order chi connectivity index (χ0) is 18.8. The van der Waals surface area contributed by atoms with Crippen LogP contribution in [0.5, 0.6) is 5.75 Å². The van der Waals surface area contributed by atoms with E-state index in [2.05, 4.69) is 10.4 Å². The highest BCUT2D eigenvalue weighted by atomic mass is 19.4. The first kappa shape index (κ1) is 18.8. The van der Waals surface area contributed by atoms with Gasteiger partial charge in [0.05, 0.1) is 17.8 Å². The Morgan fingerprint density at radius 3 is 2.52 bits per heavy atom. The molecule has 0 aliphatic rings. The number of aromatic nitrogens is 2. The first-order chi connectivity index (χ1) is 11.6. The maximum Gasteiger partial charge on any atom is 0.422 e. The lowest BCUT2D eigenvalue weighted by atomic mass is 10.1. The van der Waals surface area contributed by atoms with Crippen LogP contribution in [0.2, 0.25) is 0 Å². The van der Waals surface area contributed by atoms with Crippen molar-refractivity contribution in [2.24, 2.45) is 7.05 Å². The van der Waals surface area contributed by atoms with E-state index in [1.807, 2.05) is 6.92 Å². The fourth-order valence-corrected chi connectivity index (χ4v) is 2.44. The number of hydrogen-bond acceptors (Lipinski definition) is 3. The molecule has 0 radical (unpaired) electrons. The molecule has 8 heteroatoms. The van der Waals surface area contributed by atoms with E-state index in [-0.39, 0.29) is 23.8 Å². The molecule has 0 bridgehead atoms. The molecule has 5 nitrogen and oxygen atoms in total. The molecule has 1 amide bonds. The number of benzene rings is 1. The standard InChI is InChI=1S/C17H20F3N3O2/c1-10-5-6-14(15(7-10)25-9-17(18,19)20)21-16(24)8-13-11(2)22-23(4)12(13)3/h5-7H,8-9H2,1-4H3,(H,21,24). The van der Waals surface area contributed by atoms with Crippen LogP contribution in [-0.4, -0.2) is 28.5 Å². The summed E-state index contributed by atoms with van der Waals surface area (Å²) in [7, 11) is 1.78. The van der Waals surface area contributed by atoms with Crippen LogP contribution in [0, 0.1) is 20.8 Å². The molecule has 2 aromatic rings. The van der Waals surface area contributed by atoms with Crippen LogP contribution in [0.3, 0.4) is 0 Å². The monoisotopic (exact) mass is 355 g/mol. The van der Waals surface area contributed by atoms with Crippen molar-refractivity contribution < 1.29 is 22.7 Å². The Morgan fingerprint density at radius 1 is 1.28 bits per heavy atom. The number of nitrogens with zero attached hydrogens (tertiary/aromatic N) is 2. The molecule has 0 saturated carbocycles. The van der Waals surface area contributed by atoms with Gasteiger partial charge in [0.2, 0.25) is 5.91 Å². The van der Waals surface area contributed by atoms with E-state index in [0.29, 0.717) is 0 Å². The molecule has 25 heavy (non-hydrogen) atoms. The van der Waals surface area contributed by atoms with Gasteiger partial charge in [0, 0.05) is 18.3 Å². The average molecular weight is 355 g/mol. The van der Waals surface area contributed by atoms with Gasteiger partial charge in [-0.05, 0) is 38.5 Å². The SMILES string of the molecule is Cc1ccc(NC(=O)Cc2c(C)nn(C)c2C)c(OCC(F)(F)F)c1. The first-order valence-electron chi connectivity index (χ1n) is 7.66. The highest BCUT2D eigenvalue weighted by Gasteiger charge is 2.29. The maximum atomic E-state index is 12.4. The lowest BCUT2D eigenvalue weighted by Crippen LogP contribution is -2.21. The smallest absolute Gasteiger partial charge is 0.422 e. The van der Waals surface area contributed by atoms with Crippen molar-refractivity contribution in [1.82, 2.24) is 9.78 Å². The molecule has 0 atom stereocenters. The van der Waals surface area contributed by atoms with Crippen molar-refractivity contribution in [2.45, 2.75) is 33.4 Å². The van der Waals surface area contributed by atoms with E-state index in [4.69, 9.17) is 4.74 Å². The van der Waals surface area contributed by atoms with Crippen molar-refractivity contribution in [3.8, 4) is 5.75 Å². The third kappa shape index (κ3) is 4.98. The Morgan fingerprint density at radius 2 is 1.96 bits per heavy atom. The molecule has 0 saturated heterocycles. The second-order valence-electron chi connectivity index (χ2n) is 5.90. The van der Waals surface area contributed by atoms with E-state index in [9.17, 15) is 18.0 Å². The number of amides is 1. The van der Waals surface area contributed by atoms with E-state index in [0.717, 1.165) is 22.5 Å². The van der Waals surface area contributed by atoms with Gasteiger partial charge in [-0.15, -0.1) is 0 Å². The molecule has 0 spiro atoms. The number of anilines is 1. The average Bonchev–Trinajstić information content (AvgIpc) is 2.73. The minimum Gasteiger partial charge on any atom is -0.482 e.